The average molecular weight is 341 g/mol. The Morgan fingerprint density at radius 3 is 2.58 bits per heavy atom. The molecule has 0 radical (unpaired) electrons. The molecule has 7 nitrogen and oxygen atoms in total. The second-order valence-electron chi connectivity index (χ2n) is 4.93. The lowest BCUT2D eigenvalue weighted by molar-refractivity contribution is -0.385. The molecule has 1 saturated heterocycles. The Morgan fingerprint density at radius 1 is 1.17 bits per heavy atom. The number of amides is 2. The predicted molar refractivity (Wildman–Crippen MR) is 88.8 cm³/mol. The Kier molecular flexibility index (Phi) is 4.39. The summed E-state index contributed by atoms with van der Waals surface area (Å²) in [5.74, 6) is -0.458. The molecule has 2 aromatic rings. The normalized spacial score (nSPS) is 16.0. The van der Waals surface area contributed by atoms with Crippen LogP contribution in [0.2, 0.25) is 0 Å². The summed E-state index contributed by atoms with van der Waals surface area (Å²) in [6, 6.07) is 9.49. The largest absolute Gasteiger partial charge is 0.293 e. The molecule has 24 heavy (non-hydrogen) atoms. The number of hydrogen-bond acceptors (Lipinski definition) is 6. The first-order valence-electron chi connectivity index (χ1n) is 6.94. The van der Waals surface area contributed by atoms with Gasteiger partial charge in [0.05, 0.1) is 16.4 Å². The molecule has 2 heterocycles. The van der Waals surface area contributed by atoms with Gasteiger partial charge in [0, 0.05) is 24.0 Å². The number of rotatable bonds is 4. The lowest BCUT2D eigenvalue weighted by atomic mass is 10.1. The third-order valence-corrected chi connectivity index (χ3v) is 4.30. The van der Waals surface area contributed by atoms with E-state index in [4.69, 9.17) is 0 Å². The van der Waals surface area contributed by atoms with Crippen LogP contribution in [-0.4, -0.2) is 26.0 Å². The van der Waals surface area contributed by atoms with E-state index >= 15 is 0 Å². The van der Waals surface area contributed by atoms with Crippen LogP contribution in [0, 0.1) is 10.1 Å². The summed E-state index contributed by atoms with van der Waals surface area (Å²) in [5, 5.41) is 10.6. The first kappa shape index (κ1) is 15.9. The van der Waals surface area contributed by atoms with Crippen LogP contribution in [0.25, 0.3) is 6.08 Å². The molecule has 0 aliphatic carbocycles. The fraction of sp³-hybridized carbons (Fsp3) is 0.0625. The molecule has 120 valence electrons. The van der Waals surface area contributed by atoms with E-state index < -0.39 is 16.1 Å². The molecule has 2 amide bonds. The third kappa shape index (κ3) is 3.18. The minimum Gasteiger partial charge on any atom is -0.268 e. The van der Waals surface area contributed by atoms with Crippen LogP contribution >= 0.6 is 11.8 Å². The highest BCUT2D eigenvalue weighted by Crippen LogP contribution is 2.34. The van der Waals surface area contributed by atoms with Gasteiger partial charge in [-0.05, 0) is 35.5 Å². The van der Waals surface area contributed by atoms with E-state index in [2.05, 4.69) is 4.98 Å². The fourth-order valence-electron chi connectivity index (χ4n) is 2.24. The number of nitro benzene ring substituents is 1. The van der Waals surface area contributed by atoms with E-state index in [9.17, 15) is 19.7 Å². The van der Waals surface area contributed by atoms with Gasteiger partial charge in [-0.2, -0.15) is 0 Å². The zero-order chi connectivity index (χ0) is 17.1. The predicted octanol–water partition coefficient (Wildman–Crippen LogP) is 3.23. The lowest BCUT2D eigenvalue weighted by Crippen LogP contribution is -2.27. The van der Waals surface area contributed by atoms with Gasteiger partial charge in [-0.3, -0.25) is 29.6 Å². The Morgan fingerprint density at radius 2 is 1.88 bits per heavy atom. The molecule has 0 spiro atoms. The molecule has 1 aliphatic rings. The average Bonchev–Trinajstić information content (AvgIpc) is 2.84. The smallest absolute Gasteiger partial charge is 0.268 e. The lowest BCUT2D eigenvalue weighted by Gasteiger charge is -2.12. The number of aromatic nitrogens is 1. The first-order chi connectivity index (χ1) is 11.6. The molecule has 0 atom stereocenters. The minimum absolute atomic E-state index is 0.116. The van der Waals surface area contributed by atoms with Crippen LogP contribution in [-0.2, 0) is 11.3 Å². The highest BCUT2D eigenvalue weighted by atomic mass is 32.2. The number of imide groups is 1. The number of benzene rings is 1. The van der Waals surface area contributed by atoms with E-state index in [1.54, 1.807) is 42.7 Å². The monoisotopic (exact) mass is 341 g/mol. The van der Waals surface area contributed by atoms with E-state index in [0.717, 1.165) is 22.2 Å². The van der Waals surface area contributed by atoms with Gasteiger partial charge in [-0.15, -0.1) is 0 Å². The van der Waals surface area contributed by atoms with Crippen molar-refractivity contribution in [2.45, 2.75) is 6.54 Å². The summed E-state index contributed by atoms with van der Waals surface area (Å²) in [6.07, 6.45) is 4.78. The molecular formula is C16H11N3O4S. The number of hydrogen-bond donors (Lipinski definition) is 0. The van der Waals surface area contributed by atoms with Crippen LogP contribution in [0.5, 0.6) is 0 Å². The van der Waals surface area contributed by atoms with Crippen molar-refractivity contribution in [3.8, 4) is 0 Å². The molecular weight excluding hydrogens is 330 g/mol. The maximum Gasteiger partial charge on any atom is 0.293 e. The van der Waals surface area contributed by atoms with E-state index in [0.29, 0.717) is 5.56 Å². The van der Waals surface area contributed by atoms with Crippen molar-refractivity contribution in [2.75, 3.05) is 0 Å². The van der Waals surface area contributed by atoms with Gasteiger partial charge in [0.25, 0.3) is 16.8 Å². The van der Waals surface area contributed by atoms with Gasteiger partial charge in [-0.1, -0.05) is 18.2 Å². The zero-order valence-electron chi connectivity index (χ0n) is 12.3. The Hall–Kier alpha value is -3.00. The van der Waals surface area contributed by atoms with Crippen LogP contribution in [0.15, 0.2) is 53.7 Å². The minimum atomic E-state index is -0.527. The third-order valence-electron chi connectivity index (χ3n) is 3.39. The standard InChI is InChI=1S/C16H11N3O4S/c20-15-14(9-11-5-7-17-8-6-11)24-16(21)18(15)10-12-3-1-2-4-13(12)19(22)23/h1-9H,10H2. The SMILES string of the molecule is O=C1SC(=Cc2ccncc2)C(=O)N1Cc1ccccc1[N+](=O)[O-]. The van der Waals surface area contributed by atoms with E-state index in [1.807, 2.05) is 0 Å². The quantitative estimate of drug-likeness (QED) is 0.481. The topological polar surface area (TPSA) is 93.4 Å². The number of nitrogens with zero attached hydrogens (tertiary/aromatic N) is 3. The van der Waals surface area contributed by atoms with Gasteiger partial charge in [0.2, 0.25) is 0 Å². The second-order valence-corrected chi connectivity index (χ2v) is 5.93. The molecule has 0 unspecified atom stereocenters. The number of pyridine rings is 1. The van der Waals surface area contributed by atoms with Crippen molar-refractivity contribution < 1.29 is 14.5 Å². The molecule has 0 bridgehead atoms. The Labute approximate surface area is 141 Å². The summed E-state index contributed by atoms with van der Waals surface area (Å²) < 4.78 is 0. The van der Waals surface area contributed by atoms with Crippen LogP contribution in [0.4, 0.5) is 10.5 Å². The summed E-state index contributed by atoms with van der Waals surface area (Å²) in [7, 11) is 0. The molecule has 1 aromatic carbocycles. The summed E-state index contributed by atoms with van der Waals surface area (Å²) >= 11 is 0.818. The molecule has 1 aliphatic heterocycles. The Balaban J connectivity index is 1.86. The summed E-state index contributed by atoms with van der Waals surface area (Å²) in [5.41, 5.74) is 0.950. The van der Waals surface area contributed by atoms with Crippen molar-refractivity contribution in [1.29, 1.82) is 0 Å². The number of para-hydroxylation sites is 1. The molecule has 8 heteroatoms. The van der Waals surface area contributed by atoms with Gasteiger partial charge >= 0.3 is 0 Å². The van der Waals surface area contributed by atoms with E-state index in [1.165, 1.54) is 12.1 Å². The first-order valence-corrected chi connectivity index (χ1v) is 7.75. The highest BCUT2D eigenvalue weighted by Gasteiger charge is 2.36. The summed E-state index contributed by atoms with van der Waals surface area (Å²) in [4.78, 5) is 40.3. The number of carbonyl (C=O) groups excluding carboxylic acids is 2. The molecule has 3 rings (SSSR count). The van der Waals surface area contributed by atoms with Crippen molar-refractivity contribution in [3.05, 3.63) is 74.9 Å². The maximum absolute atomic E-state index is 12.4. The van der Waals surface area contributed by atoms with Gasteiger partial charge < -0.3 is 0 Å². The fourth-order valence-corrected chi connectivity index (χ4v) is 3.08. The molecule has 0 saturated carbocycles. The number of nitro groups is 1. The Bertz CT molecular complexity index is 851. The molecule has 1 fully saturated rings. The van der Waals surface area contributed by atoms with Gasteiger partial charge in [0.15, 0.2) is 0 Å². The van der Waals surface area contributed by atoms with Crippen LogP contribution in [0.1, 0.15) is 11.1 Å². The number of carbonyl (C=O) groups is 2. The molecule has 0 N–H and O–H groups in total. The van der Waals surface area contributed by atoms with Crippen LogP contribution in [0.3, 0.4) is 0 Å². The number of thioether (sulfide) groups is 1. The maximum atomic E-state index is 12.4. The van der Waals surface area contributed by atoms with Crippen molar-refractivity contribution in [1.82, 2.24) is 9.88 Å². The zero-order valence-corrected chi connectivity index (χ0v) is 13.1. The van der Waals surface area contributed by atoms with Crippen molar-refractivity contribution >= 4 is 34.7 Å². The second kappa shape index (κ2) is 6.63. The van der Waals surface area contributed by atoms with Crippen molar-refractivity contribution in [2.24, 2.45) is 0 Å². The van der Waals surface area contributed by atoms with Gasteiger partial charge in [0.1, 0.15) is 0 Å². The van der Waals surface area contributed by atoms with Crippen LogP contribution < -0.4 is 0 Å². The summed E-state index contributed by atoms with van der Waals surface area (Å²) in [6.45, 7) is -0.129. The van der Waals surface area contributed by atoms with Gasteiger partial charge in [-0.25, -0.2) is 0 Å². The van der Waals surface area contributed by atoms with Crippen molar-refractivity contribution in [3.63, 3.8) is 0 Å². The highest BCUT2D eigenvalue weighted by molar-refractivity contribution is 8.18. The molecule has 1 aromatic heterocycles. The van der Waals surface area contributed by atoms with E-state index in [-0.39, 0.29) is 17.1 Å².